The molecular weight excluding hydrogens is 601 g/mol. The van der Waals surface area contributed by atoms with Gasteiger partial charge < -0.3 is 0 Å². The summed E-state index contributed by atoms with van der Waals surface area (Å²) in [5.41, 5.74) is 10.4. The quantitative estimate of drug-likeness (QED) is 0.138. The highest BCUT2D eigenvalue weighted by atomic mass is 14.6. The molecule has 0 bridgehead atoms. The maximum Gasteiger partial charge on any atom is 0.0530 e. The van der Waals surface area contributed by atoms with Crippen molar-refractivity contribution in [1.82, 2.24) is 0 Å². The minimum Gasteiger partial charge on any atom is -0.0682 e. The van der Waals surface area contributed by atoms with E-state index in [0.29, 0.717) is 0 Å². The summed E-state index contributed by atoms with van der Waals surface area (Å²) in [4.78, 5) is 0. The van der Waals surface area contributed by atoms with E-state index >= 15 is 0 Å². The van der Waals surface area contributed by atoms with Crippen molar-refractivity contribution in [2.24, 2.45) is 5.92 Å². The molecular formula is C50H40. The Morgan fingerprint density at radius 2 is 0.740 bits per heavy atom. The predicted molar refractivity (Wildman–Crippen MR) is 209 cm³/mol. The molecule has 7 aromatic carbocycles. The van der Waals surface area contributed by atoms with Crippen LogP contribution in [0.3, 0.4) is 0 Å². The first-order chi connectivity index (χ1) is 24.8. The molecule has 0 aliphatic heterocycles. The fourth-order valence-electron chi connectivity index (χ4n) is 8.56. The fraction of sp³-hybridized carbons (Fsp3) is 0.0800. The SMILES string of the molecule is C(=C(c1ccccc1)c1ccccc1)C1C(Cc2ccccc2)=CC(c2ccccc2)(c2ccccc2)C1(c1ccccc1)c1ccccc1. The molecule has 50 heavy (non-hydrogen) atoms. The smallest absolute Gasteiger partial charge is 0.0530 e. The van der Waals surface area contributed by atoms with E-state index in [0.717, 1.165) is 6.42 Å². The summed E-state index contributed by atoms with van der Waals surface area (Å²) in [6, 6.07) is 77.9. The van der Waals surface area contributed by atoms with E-state index in [9.17, 15) is 0 Å². The van der Waals surface area contributed by atoms with Crippen LogP contribution in [0.2, 0.25) is 0 Å². The van der Waals surface area contributed by atoms with Crippen molar-refractivity contribution >= 4 is 5.57 Å². The van der Waals surface area contributed by atoms with Gasteiger partial charge in [-0.25, -0.2) is 0 Å². The summed E-state index contributed by atoms with van der Waals surface area (Å²) in [5, 5.41) is 0. The molecule has 240 valence electrons. The van der Waals surface area contributed by atoms with Crippen molar-refractivity contribution < 1.29 is 0 Å². The molecule has 0 nitrogen and oxygen atoms in total. The van der Waals surface area contributed by atoms with Gasteiger partial charge in [-0.2, -0.15) is 0 Å². The van der Waals surface area contributed by atoms with Gasteiger partial charge in [0.1, 0.15) is 0 Å². The van der Waals surface area contributed by atoms with E-state index < -0.39 is 10.8 Å². The van der Waals surface area contributed by atoms with E-state index in [1.165, 1.54) is 50.1 Å². The zero-order valence-corrected chi connectivity index (χ0v) is 28.1. The molecule has 0 saturated heterocycles. The number of benzene rings is 7. The van der Waals surface area contributed by atoms with E-state index in [1.807, 2.05) is 0 Å². The van der Waals surface area contributed by atoms with Crippen LogP contribution in [0.15, 0.2) is 230 Å². The Labute approximate surface area is 296 Å². The minimum absolute atomic E-state index is 0.0247. The van der Waals surface area contributed by atoms with Gasteiger partial charge in [-0.15, -0.1) is 0 Å². The van der Waals surface area contributed by atoms with Crippen LogP contribution < -0.4 is 0 Å². The van der Waals surface area contributed by atoms with E-state index in [2.05, 4.69) is 224 Å². The normalized spacial score (nSPS) is 15.9. The molecule has 0 heteroatoms. The third-order valence-electron chi connectivity index (χ3n) is 10.6. The fourth-order valence-corrected chi connectivity index (χ4v) is 8.56. The molecule has 7 aromatic rings. The maximum absolute atomic E-state index is 2.65. The lowest BCUT2D eigenvalue weighted by atomic mass is 9.50. The maximum atomic E-state index is 2.65. The van der Waals surface area contributed by atoms with Crippen molar-refractivity contribution in [2.45, 2.75) is 17.3 Å². The molecule has 1 aliphatic rings. The first-order valence-corrected chi connectivity index (χ1v) is 17.6. The van der Waals surface area contributed by atoms with Gasteiger partial charge in [0.05, 0.1) is 5.41 Å². The van der Waals surface area contributed by atoms with Crippen molar-refractivity contribution in [3.63, 3.8) is 0 Å². The summed E-state index contributed by atoms with van der Waals surface area (Å²) in [5.74, 6) is -0.0247. The van der Waals surface area contributed by atoms with Crippen LogP contribution in [0, 0.1) is 5.92 Å². The van der Waals surface area contributed by atoms with E-state index in [4.69, 9.17) is 0 Å². The molecule has 0 heterocycles. The van der Waals surface area contributed by atoms with Crippen molar-refractivity contribution in [1.29, 1.82) is 0 Å². The standard InChI is InChI=1S/C50H40/c1-8-22-39(23-9-1)36-42-38-49(43-28-14-4-15-29-43,44-30-16-5-17-31-44)50(45-32-18-6-19-33-45,46-34-20-7-21-35-46)48(42)37-47(40-24-10-2-11-25-40)41-26-12-3-13-27-41/h1-35,37-38,48H,36H2. The van der Waals surface area contributed by atoms with Crippen LogP contribution >= 0.6 is 0 Å². The van der Waals surface area contributed by atoms with Crippen LogP contribution in [0.4, 0.5) is 0 Å². The number of allylic oxidation sites excluding steroid dienone is 3. The average Bonchev–Trinajstić information content (AvgIpc) is 3.50. The Morgan fingerprint density at radius 1 is 0.400 bits per heavy atom. The largest absolute Gasteiger partial charge is 0.0682 e. The third kappa shape index (κ3) is 5.44. The van der Waals surface area contributed by atoms with E-state index in [1.54, 1.807) is 0 Å². The first kappa shape index (κ1) is 31.3. The zero-order valence-electron chi connectivity index (χ0n) is 28.1. The summed E-state index contributed by atoms with van der Waals surface area (Å²) in [7, 11) is 0. The minimum atomic E-state index is -0.558. The Bertz CT molecular complexity index is 2060. The monoisotopic (exact) mass is 640 g/mol. The van der Waals surface area contributed by atoms with Gasteiger partial charge in [-0.3, -0.25) is 0 Å². The molecule has 0 amide bonds. The average molecular weight is 641 g/mol. The number of hydrogen-bond donors (Lipinski definition) is 0. The lowest BCUT2D eigenvalue weighted by Crippen LogP contribution is -2.51. The Balaban J connectivity index is 1.56. The molecule has 8 rings (SSSR count). The van der Waals surface area contributed by atoms with Crippen molar-refractivity contribution in [2.75, 3.05) is 0 Å². The van der Waals surface area contributed by atoms with Crippen LogP contribution in [0.5, 0.6) is 0 Å². The molecule has 1 unspecified atom stereocenters. The highest BCUT2D eigenvalue weighted by Crippen LogP contribution is 2.64. The molecule has 0 radical (unpaired) electrons. The summed E-state index contributed by atoms with van der Waals surface area (Å²) < 4.78 is 0. The molecule has 0 fully saturated rings. The lowest BCUT2D eigenvalue weighted by molar-refractivity contribution is 0.340. The van der Waals surface area contributed by atoms with E-state index in [-0.39, 0.29) is 5.92 Å². The molecule has 0 spiro atoms. The van der Waals surface area contributed by atoms with Gasteiger partial charge in [0.2, 0.25) is 0 Å². The van der Waals surface area contributed by atoms with Crippen molar-refractivity contribution in [3.05, 3.63) is 269 Å². The highest BCUT2D eigenvalue weighted by Gasteiger charge is 2.62. The Hall–Kier alpha value is -5.98. The predicted octanol–water partition coefficient (Wildman–Crippen LogP) is 11.9. The summed E-state index contributed by atoms with van der Waals surface area (Å²) in [6.45, 7) is 0. The molecule has 0 aromatic heterocycles. The third-order valence-corrected chi connectivity index (χ3v) is 10.6. The molecule has 0 saturated carbocycles. The van der Waals surface area contributed by atoms with Crippen LogP contribution in [0.1, 0.15) is 38.9 Å². The second-order valence-corrected chi connectivity index (χ2v) is 13.3. The summed E-state index contributed by atoms with van der Waals surface area (Å²) in [6.07, 6.45) is 6.09. The second-order valence-electron chi connectivity index (χ2n) is 13.3. The molecule has 1 aliphatic carbocycles. The number of rotatable bonds is 9. The van der Waals surface area contributed by atoms with Crippen molar-refractivity contribution in [3.8, 4) is 0 Å². The van der Waals surface area contributed by atoms with Gasteiger partial charge in [-0.1, -0.05) is 230 Å². The topological polar surface area (TPSA) is 0 Å². The van der Waals surface area contributed by atoms with Gasteiger partial charge in [0.15, 0.2) is 0 Å². The second kappa shape index (κ2) is 13.9. The van der Waals surface area contributed by atoms with Crippen LogP contribution in [-0.4, -0.2) is 0 Å². The van der Waals surface area contributed by atoms with Gasteiger partial charge in [-0.05, 0) is 50.9 Å². The van der Waals surface area contributed by atoms with Gasteiger partial charge in [0, 0.05) is 11.3 Å². The lowest BCUT2D eigenvalue weighted by Gasteiger charge is -2.51. The summed E-state index contributed by atoms with van der Waals surface area (Å²) >= 11 is 0. The zero-order chi connectivity index (χ0) is 33.6. The van der Waals surface area contributed by atoms with Crippen LogP contribution in [0.25, 0.3) is 5.57 Å². The molecule has 1 atom stereocenters. The first-order valence-electron chi connectivity index (χ1n) is 17.6. The van der Waals surface area contributed by atoms with Gasteiger partial charge >= 0.3 is 0 Å². The number of hydrogen-bond acceptors (Lipinski definition) is 0. The van der Waals surface area contributed by atoms with Crippen LogP contribution in [-0.2, 0) is 17.3 Å². The van der Waals surface area contributed by atoms with Gasteiger partial charge in [0.25, 0.3) is 0 Å². The Morgan fingerprint density at radius 3 is 1.14 bits per heavy atom. The highest BCUT2D eigenvalue weighted by molar-refractivity contribution is 5.81. The molecule has 0 N–H and O–H groups in total. The Kier molecular flexibility index (Phi) is 8.68.